The SMILES string of the molecule is O=C(COc1ccccc1Cc1ccccc1)NC1CC2CCC(C1)N2. The third-order valence-corrected chi connectivity index (χ3v) is 5.41. The van der Waals surface area contributed by atoms with Crippen LogP contribution in [0, 0.1) is 0 Å². The van der Waals surface area contributed by atoms with Crippen LogP contribution in [-0.2, 0) is 11.2 Å². The lowest BCUT2D eigenvalue weighted by molar-refractivity contribution is -0.124. The van der Waals surface area contributed by atoms with Crippen LogP contribution < -0.4 is 15.4 Å². The minimum absolute atomic E-state index is 0.0224. The van der Waals surface area contributed by atoms with Gasteiger partial charge in [0.05, 0.1) is 0 Å². The van der Waals surface area contributed by atoms with Crippen LogP contribution in [0.4, 0.5) is 0 Å². The number of para-hydroxylation sites is 1. The normalized spacial score (nSPS) is 24.2. The van der Waals surface area contributed by atoms with E-state index in [4.69, 9.17) is 4.74 Å². The summed E-state index contributed by atoms with van der Waals surface area (Å²) < 4.78 is 5.85. The molecule has 0 saturated carbocycles. The molecular weight excluding hydrogens is 324 g/mol. The Bertz CT molecular complexity index is 735. The molecule has 2 atom stereocenters. The third-order valence-electron chi connectivity index (χ3n) is 5.41. The quantitative estimate of drug-likeness (QED) is 0.842. The van der Waals surface area contributed by atoms with Crippen molar-refractivity contribution in [3.05, 3.63) is 65.7 Å². The van der Waals surface area contributed by atoms with Crippen molar-refractivity contribution in [3.63, 3.8) is 0 Å². The summed E-state index contributed by atoms with van der Waals surface area (Å²) in [6.45, 7) is 0.0745. The molecule has 4 heteroatoms. The molecule has 1 amide bonds. The third kappa shape index (κ3) is 4.25. The van der Waals surface area contributed by atoms with Gasteiger partial charge >= 0.3 is 0 Å². The molecule has 2 fully saturated rings. The molecule has 0 aromatic heterocycles. The minimum Gasteiger partial charge on any atom is -0.483 e. The summed E-state index contributed by atoms with van der Waals surface area (Å²) in [5.41, 5.74) is 2.34. The molecule has 0 radical (unpaired) electrons. The van der Waals surface area contributed by atoms with Crippen molar-refractivity contribution in [3.8, 4) is 5.75 Å². The topological polar surface area (TPSA) is 50.4 Å². The van der Waals surface area contributed by atoms with E-state index in [0.717, 1.165) is 30.6 Å². The van der Waals surface area contributed by atoms with Crippen LogP contribution in [0.2, 0.25) is 0 Å². The van der Waals surface area contributed by atoms with Gasteiger partial charge in [0.25, 0.3) is 5.91 Å². The molecule has 0 aliphatic carbocycles. The van der Waals surface area contributed by atoms with Gasteiger partial charge in [-0.2, -0.15) is 0 Å². The maximum absolute atomic E-state index is 12.3. The number of rotatable bonds is 6. The molecular formula is C22H26N2O2. The maximum atomic E-state index is 12.3. The summed E-state index contributed by atoms with van der Waals surface area (Å²) in [4.78, 5) is 12.3. The monoisotopic (exact) mass is 350 g/mol. The molecule has 2 saturated heterocycles. The molecule has 4 nitrogen and oxygen atoms in total. The molecule has 26 heavy (non-hydrogen) atoms. The van der Waals surface area contributed by atoms with E-state index in [1.54, 1.807) is 0 Å². The lowest BCUT2D eigenvalue weighted by atomic mass is 10.00. The first-order valence-corrected chi connectivity index (χ1v) is 9.56. The Morgan fingerprint density at radius 3 is 2.46 bits per heavy atom. The largest absolute Gasteiger partial charge is 0.483 e. The van der Waals surface area contributed by atoms with Gasteiger partial charge in [0.15, 0.2) is 6.61 Å². The van der Waals surface area contributed by atoms with E-state index in [2.05, 4.69) is 28.8 Å². The van der Waals surface area contributed by atoms with Crippen molar-refractivity contribution in [2.24, 2.45) is 0 Å². The van der Waals surface area contributed by atoms with Gasteiger partial charge in [0.2, 0.25) is 0 Å². The van der Waals surface area contributed by atoms with Gasteiger partial charge in [-0.05, 0) is 42.9 Å². The van der Waals surface area contributed by atoms with Gasteiger partial charge in [0.1, 0.15) is 5.75 Å². The van der Waals surface area contributed by atoms with E-state index in [1.807, 2.05) is 36.4 Å². The fourth-order valence-corrected chi connectivity index (χ4v) is 4.19. The van der Waals surface area contributed by atoms with Crippen LogP contribution in [0.5, 0.6) is 5.75 Å². The summed E-state index contributed by atoms with van der Waals surface area (Å²) in [6.07, 6.45) is 5.34. The molecule has 2 aliphatic rings. The number of hydrogen-bond donors (Lipinski definition) is 2. The Morgan fingerprint density at radius 1 is 1.00 bits per heavy atom. The number of benzene rings is 2. The summed E-state index contributed by atoms with van der Waals surface area (Å²) in [5.74, 6) is 0.766. The van der Waals surface area contributed by atoms with Gasteiger partial charge < -0.3 is 15.4 Å². The van der Waals surface area contributed by atoms with Gasteiger partial charge in [0, 0.05) is 24.5 Å². The Morgan fingerprint density at radius 2 is 1.69 bits per heavy atom. The number of fused-ring (bicyclic) bond motifs is 2. The van der Waals surface area contributed by atoms with E-state index in [0.29, 0.717) is 12.1 Å². The molecule has 2 aromatic carbocycles. The zero-order chi connectivity index (χ0) is 17.8. The number of carbonyl (C=O) groups excluding carboxylic acids is 1. The van der Waals surface area contributed by atoms with Crippen molar-refractivity contribution in [1.29, 1.82) is 0 Å². The van der Waals surface area contributed by atoms with E-state index in [-0.39, 0.29) is 18.6 Å². The Labute approximate surface area is 155 Å². The Kier molecular flexibility index (Phi) is 5.21. The summed E-state index contributed by atoms with van der Waals surface area (Å²) in [6, 6.07) is 19.7. The number of ether oxygens (including phenoxy) is 1. The number of nitrogens with one attached hydrogen (secondary N) is 2. The zero-order valence-electron chi connectivity index (χ0n) is 15.0. The molecule has 2 bridgehead atoms. The molecule has 2 N–H and O–H groups in total. The standard InChI is InChI=1S/C22H26N2O2/c25-22(24-20-13-18-10-11-19(14-20)23-18)15-26-21-9-5-4-8-17(21)12-16-6-2-1-3-7-16/h1-9,18-20,23H,10-15H2,(H,24,25). The highest BCUT2D eigenvalue weighted by Gasteiger charge is 2.33. The van der Waals surface area contributed by atoms with E-state index < -0.39 is 0 Å². The molecule has 2 aliphatic heterocycles. The first-order chi connectivity index (χ1) is 12.8. The second-order valence-electron chi connectivity index (χ2n) is 7.43. The van der Waals surface area contributed by atoms with Crippen molar-refractivity contribution in [1.82, 2.24) is 10.6 Å². The smallest absolute Gasteiger partial charge is 0.258 e. The van der Waals surface area contributed by atoms with Crippen molar-refractivity contribution < 1.29 is 9.53 Å². The predicted molar refractivity (Wildman–Crippen MR) is 102 cm³/mol. The molecule has 2 unspecified atom stereocenters. The zero-order valence-corrected chi connectivity index (χ0v) is 15.0. The van der Waals surface area contributed by atoms with E-state index in [1.165, 1.54) is 18.4 Å². The average molecular weight is 350 g/mol. The fraction of sp³-hybridized carbons (Fsp3) is 0.409. The molecule has 2 heterocycles. The maximum Gasteiger partial charge on any atom is 0.258 e. The van der Waals surface area contributed by atoms with Gasteiger partial charge in [-0.25, -0.2) is 0 Å². The molecule has 136 valence electrons. The Hall–Kier alpha value is -2.33. The van der Waals surface area contributed by atoms with Crippen LogP contribution in [-0.4, -0.2) is 30.6 Å². The summed E-state index contributed by atoms with van der Waals surface area (Å²) >= 11 is 0. The number of amides is 1. The number of hydrogen-bond acceptors (Lipinski definition) is 3. The summed E-state index contributed by atoms with van der Waals surface area (Å²) in [7, 11) is 0. The van der Waals surface area contributed by atoms with Crippen molar-refractivity contribution in [2.45, 2.75) is 50.2 Å². The van der Waals surface area contributed by atoms with Crippen LogP contribution in [0.1, 0.15) is 36.8 Å². The average Bonchev–Trinajstić information content (AvgIpc) is 3.00. The van der Waals surface area contributed by atoms with Crippen molar-refractivity contribution >= 4 is 5.91 Å². The van der Waals surface area contributed by atoms with Gasteiger partial charge in [-0.3, -0.25) is 4.79 Å². The highest BCUT2D eigenvalue weighted by molar-refractivity contribution is 5.78. The van der Waals surface area contributed by atoms with Crippen LogP contribution >= 0.6 is 0 Å². The molecule has 2 aromatic rings. The highest BCUT2D eigenvalue weighted by atomic mass is 16.5. The second kappa shape index (κ2) is 7.92. The van der Waals surface area contributed by atoms with Gasteiger partial charge in [-0.1, -0.05) is 48.5 Å². The lowest BCUT2D eigenvalue weighted by Gasteiger charge is -2.29. The number of piperidine rings is 1. The predicted octanol–water partition coefficient (Wildman–Crippen LogP) is 3.06. The van der Waals surface area contributed by atoms with Crippen LogP contribution in [0.3, 0.4) is 0 Å². The molecule has 4 rings (SSSR count). The van der Waals surface area contributed by atoms with Crippen LogP contribution in [0.25, 0.3) is 0 Å². The molecule has 0 spiro atoms. The second-order valence-corrected chi connectivity index (χ2v) is 7.43. The highest BCUT2D eigenvalue weighted by Crippen LogP contribution is 2.27. The van der Waals surface area contributed by atoms with Gasteiger partial charge in [-0.15, -0.1) is 0 Å². The fourth-order valence-electron chi connectivity index (χ4n) is 4.19. The number of carbonyl (C=O) groups is 1. The van der Waals surface area contributed by atoms with Crippen LogP contribution in [0.15, 0.2) is 54.6 Å². The lowest BCUT2D eigenvalue weighted by Crippen LogP contribution is -2.49. The van der Waals surface area contributed by atoms with Crippen molar-refractivity contribution in [2.75, 3.05) is 6.61 Å². The summed E-state index contributed by atoms with van der Waals surface area (Å²) in [5, 5.41) is 6.75. The van der Waals surface area contributed by atoms with E-state index in [9.17, 15) is 4.79 Å². The van der Waals surface area contributed by atoms with E-state index >= 15 is 0 Å². The Balaban J connectivity index is 1.32. The first-order valence-electron chi connectivity index (χ1n) is 9.56. The first kappa shape index (κ1) is 17.1. The minimum atomic E-state index is -0.0224.